The van der Waals surface area contributed by atoms with Crippen LogP contribution < -0.4 is 0 Å². The molecule has 2 fully saturated rings. The van der Waals surface area contributed by atoms with Gasteiger partial charge in [0.15, 0.2) is 0 Å². The molecule has 0 aliphatic heterocycles. The lowest BCUT2D eigenvalue weighted by Crippen LogP contribution is -2.52. The third-order valence-corrected chi connectivity index (χ3v) is 7.32. The molecule has 2 heteroatoms. The van der Waals surface area contributed by atoms with Crippen molar-refractivity contribution in [2.45, 2.75) is 65.7 Å². The van der Waals surface area contributed by atoms with Gasteiger partial charge in [0.1, 0.15) is 0 Å². The van der Waals surface area contributed by atoms with Gasteiger partial charge in [-0.05, 0) is 68.1 Å². The van der Waals surface area contributed by atoms with Crippen LogP contribution in [0.2, 0.25) is 0 Å². The molecular formula is C20H30O2. The first-order valence-corrected chi connectivity index (χ1v) is 8.83. The summed E-state index contributed by atoms with van der Waals surface area (Å²) in [7, 11) is 0. The summed E-state index contributed by atoms with van der Waals surface area (Å²) < 4.78 is 0. The molecule has 0 saturated heterocycles. The van der Waals surface area contributed by atoms with Crippen molar-refractivity contribution in [3.8, 4) is 0 Å². The molecule has 2 nitrogen and oxygen atoms in total. The maximum Gasteiger partial charge on any atom is 0.309 e. The van der Waals surface area contributed by atoms with Crippen molar-refractivity contribution in [3.05, 3.63) is 24.3 Å². The van der Waals surface area contributed by atoms with Crippen molar-refractivity contribution < 1.29 is 9.90 Å². The Morgan fingerprint density at radius 3 is 2.68 bits per heavy atom. The molecule has 0 aromatic heterocycles. The van der Waals surface area contributed by atoms with E-state index < -0.39 is 11.4 Å². The van der Waals surface area contributed by atoms with Crippen LogP contribution in [0.5, 0.6) is 0 Å². The van der Waals surface area contributed by atoms with E-state index in [2.05, 4.69) is 32.6 Å². The first kappa shape index (κ1) is 15.8. The van der Waals surface area contributed by atoms with Gasteiger partial charge in [-0.2, -0.15) is 0 Å². The average molecular weight is 302 g/mol. The monoisotopic (exact) mass is 302 g/mol. The van der Waals surface area contributed by atoms with E-state index in [9.17, 15) is 9.90 Å². The van der Waals surface area contributed by atoms with E-state index in [1.807, 2.05) is 6.92 Å². The minimum atomic E-state index is -0.589. The molecule has 0 radical (unpaired) electrons. The van der Waals surface area contributed by atoms with Crippen molar-refractivity contribution in [1.29, 1.82) is 0 Å². The summed E-state index contributed by atoms with van der Waals surface area (Å²) in [5.74, 6) is 0.338. The highest BCUT2D eigenvalue weighted by Crippen LogP contribution is 2.63. The zero-order chi connectivity index (χ0) is 16.2. The minimum absolute atomic E-state index is 0.0941. The summed E-state index contributed by atoms with van der Waals surface area (Å²) in [5, 5.41) is 9.84. The number of allylic oxidation sites excluding steroid dienone is 3. The number of carboxylic acid groups (broad SMARTS) is 1. The second-order valence-corrected chi connectivity index (χ2v) is 8.75. The summed E-state index contributed by atoms with van der Waals surface area (Å²) >= 11 is 0. The van der Waals surface area contributed by atoms with Crippen LogP contribution in [-0.4, -0.2) is 11.1 Å². The number of hydrogen-bond acceptors (Lipinski definition) is 1. The molecule has 2 saturated carbocycles. The van der Waals surface area contributed by atoms with Crippen LogP contribution in [0.3, 0.4) is 0 Å². The average Bonchev–Trinajstić information content (AvgIpc) is 2.46. The highest BCUT2D eigenvalue weighted by Gasteiger charge is 2.57. The molecular weight excluding hydrogens is 272 g/mol. The normalized spacial score (nSPS) is 47.9. The molecule has 22 heavy (non-hydrogen) atoms. The predicted octanol–water partition coefficient (Wildman–Crippen LogP) is 5.21. The quantitative estimate of drug-likeness (QED) is 0.711. The van der Waals surface area contributed by atoms with Crippen LogP contribution in [0.4, 0.5) is 0 Å². The molecule has 1 N–H and O–H groups in total. The van der Waals surface area contributed by atoms with Gasteiger partial charge in [-0.3, -0.25) is 4.79 Å². The van der Waals surface area contributed by atoms with Crippen molar-refractivity contribution in [3.63, 3.8) is 0 Å². The topological polar surface area (TPSA) is 37.3 Å². The van der Waals surface area contributed by atoms with Gasteiger partial charge < -0.3 is 5.11 Å². The smallest absolute Gasteiger partial charge is 0.309 e. The first-order chi connectivity index (χ1) is 10.3. The van der Waals surface area contributed by atoms with Crippen LogP contribution in [0.1, 0.15) is 65.7 Å². The molecule has 0 heterocycles. The second-order valence-electron chi connectivity index (χ2n) is 8.75. The lowest BCUT2D eigenvalue weighted by atomic mass is 9.46. The van der Waals surface area contributed by atoms with E-state index in [1.54, 1.807) is 5.57 Å². The highest BCUT2D eigenvalue weighted by atomic mass is 16.4. The fourth-order valence-electron chi connectivity index (χ4n) is 5.87. The molecule has 3 aliphatic rings. The van der Waals surface area contributed by atoms with Crippen LogP contribution in [-0.2, 0) is 4.79 Å². The van der Waals surface area contributed by atoms with Gasteiger partial charge in [-0.15, -0.1) is 6.58 Å². The Bertz CT molecular complexity index is 534. The van der Waals surface area contributed by atoms with Gasteiger partial charge in [0.25, 0.3) is 0 Å². The van der Waals surface area contributed by atoms with E-state index in [1.165, 1.54) is 6.42 Å². The third kappa shape index (κ3) is 2.10. The van der Waals surface area contributed by atoms with Gasteiger partial charge in [0.2, 0.25) is 0 Å². The molecule has 0 aromatic carbocycles. The number of hydrogen-bond donors (Lipinski definition) is 1. The summed E-state index contributed by atoms with van der Waals surface area (Å²) in [6.45, 7) is 10.7. The van der Waals surface area contributed by atoms with Crippen molar-refractivity contribution in [2.75, 3.05) is 0 Å². The predicted molar refractivity (Wildman–Crippen MR) is 89.5 cm³/mol. The van der Waals surface area contributed by atoms with Crippen molar-refractivity contribution >= 4 is 5.97 Å². The van der Waals surface area contributed by atoms with E-state index in [0.717, 1.165) is 38.5 Å². The number of carboxylic acids is 1. The molecule has 0 amide bonds. The number of aliphatic carboxylic acids is 1. The SMILES string of the molecule is C=C[C@]1(C)CC=C2[C@@H](CC[C@@H]3[C@](C)(C(=O)O)CCC[C@@]23C)C1. The Morgan fingerprint density at radius 2 is 2.05 bits per heavy atom. The first-order valence-electron chi connectivity index (χ1n) is 8.83. The van der Waals surface area contributed by atoms with Crippen molar-refractivity contribution in [1.82, 2.24) is 0 Å². The van der Waals surface area contributed by atoms with Gasteiger partial charge in [0.05, 0.1) is 5.41 Å². The van der Waals surface area contributed by atoms with E-state index in [0.29, 0.717) is 11.8 Å². The lowest BCUT2D eigenvalue weighted by molar-refractivity contribution is -0.160. The molecule has 3 aliphatic carbocycles. The summed E-state index contributed by atoms with van der Waals surface area (Å²) in [6, 6.07) is 0. The molecule has 0 spiro atoms. The van der Waals surface area contributed by atoms with Crippen LogP contribution in [0.15, 0.2) is 24.3 Å². The molecule has 0 unspecified atom stereocenters. The molecule has 0 aromatic rings. The fourth-order valence-corrected chi connectivity index (χ4v) is 5.87. The number of fused-ring (bicyclic) bond motifs is 3. The Morgan fingerprint density at radius 1 is 1.32 bits per heavy atom. The van der Waals surface area contributed by atoms with Gasteiger partial charge in [-0.25, -0.2) is 0 Å². The largest absolute Gasteiger partial charge is 0.481 e. The standard InChI is InChI=1S/C20H30O2/c1-5-18(2)12-9-15-14(13-18)7-8-16-19(15,3)10-6-11-20(16,4)17(21)22/h5,9,14,16H,1,6-8,10-13H2,2-4H3,(H,21,22)/t14-,16-,18+,19-,20+/m0/s1. The summed E-state index contributed by atoms with van der Waals surface area (Å²) in [5.41, 5.74) is 1.35. The van der Waals surface area contributed by atoms with E-state index in [-0.39, 0.29) is 10.8 Å². The maximum atomic E-state index is 11.9. The molecule has 5 atom stereocenters. The van der Waals surface area contributed by atoms with Crippen LogP contribution in [0, 0.1) is 28.1 Å². The molecule has 122 valence electrons. The van der Waals surface area contributed by atoms with E-state index in [4.69, 9.17) is 0 Å². The lowest BCUT2D eigenvalue weighted by Gasteiger charge is -2.58. The number of rotatable bonds is 2. The molecule has 3 rings (SSSR count). The third-order valence-electron chi connectivity index (χ3n) is 7.32. The van der Waals surface area contributed by atoms with Crippen molar-refractivity contribution in [2.24, 2.45) is 28.1 Å². The number of carbonyl (C=O) groups is 1. The van der Waals surface area contributed by atoms with Crippen LogP contribution in [0.25, 0.3) is 0 Å². The second kappa shape index (κ2) is 4.97. The van der Waals surface area contributed by atoms with Crippen LogP contribution >= 0.6 is 0 Å². The zero-order valence-corrected chi connectivity index (χ0v) is 14.3. The highest BCUT2D eigenvalue weighted by molar-refractivity contribution is 5.75. The Kier molecular flexibility index (Phi) is 3.58. The zero-order valence-electron chi connectivity index (χ0n) is 14.3. The minimum Gasteiger partial charge on any atom is -0.481 e. The Hall–Kier alpha value is -1.05. The molecule has 0 bridgehead atoms. The Balaban J connectivity index is 1.99. The Labute approximate surface area is 134 Å². The summed E-state index contributed by atoms with van der Waals surface area (Å²) in [6.07, 6.45) is 12.1. The fraction of sp³-hybridized carbons (Fsp3) is 0.750. The maximum absolute atomic E-state index is 11.9. The van der Waals surface area contributed by atoms with Gasteiger partial charge in [-0.1, -0.05) is 38.0 Å². The summed E-state index contributed by atoms with van der Waals surface area (Å²) in [4.78, 5) is 11.9. The van der Waals surface area contributed by atoms with Gasteiger partial charge in [0, 0.05) is 0 Å². The van der Waals surface area contributed by atoms with Gasteiger partial charge >= 0.3 is 5.97 Å². The van der Waals surface area contributed by atoms with E-state index >= 15 is 0 Å².